The van der Waals surface area contributed by atoms with Crippen LogP contribution in [-0.2, 0) is 0 Å². The average Bonchev–Trinajstić information content (AvgIpc) is 2.89. The van der Waals surface area contributed by atoms with Crippen LogP contribution in [0.3, 0.4) is 0 Å². The molecule has 2 rings (SSSR count). The van der Waals surface area contributed by atoms with Crippen LogP contribution in [0.25, 0.3) is 0 Å². The van der Waals surface area contributed by atoms with Crippen LogP contribution in [0.2, 0.25) is 0 Å². The van der Waals surface area contributed by atoms with Gasteiger partial charge >= 0.3 is 0 Å². The van der Waals surface area contributed by atoms with Crippen molar-refractivity contribution in [2.45, 2.75) is 32.3 Å². The average molecular weight is 249 g/mol. The molecule has 0 unspecified atom stereocenters. The van der Waals surface area contributed by atoms with Crippen LogP contribution in [0.5, 0.6) is 5.75 Å². The molecule has 0 spiro atoms. The van der Waals surface area contributed by atoms with Gasteiger partial charge in [-0.15, -0.1) is 0 Å². The molecule has 100 valence electrons. The number of aliphatic hydroxyl groups excluding tert-OH is 1. The SMILES string of the molecule is COc1ccc([C@@H](O)CCN2CCCC2)cc1C. The molecule has 0 aromatic heterocycles. The van der Waals surface area contributed by atoms with E-state index in [2.05, 4.69) is 4.90 Å². The van der Waals surface area contributed by atoms with E-state index >= 15 is 0 Å². The summed E-state index contributed by atoms with van der Waals surface area (Å²) in [5.41, 5.74) is 2.07. The molecule has 0 amide bonds. The maximum absolute atomic E-state index is 10.2. The number of aliphatic hydroxyl groups is 1. The van der Waals surface area contributed by atoms with Crippen LogP contribution in [0.1, 0.15) is 36.5 Å². The minimum Gasteiger partial charge on any atom is -0.496 e. The first kappa shape index (κ1) is 13.4. The molecule has 1 aliphatic heterocycles. The van der Waals surface area contributed by atoms with Crippen LogP contribution in [0.4, 0.5) is 0 Å². The third-order valence-corrected chi connectivity index (χ3v) is 3.72. The van der Waals surface area contributed by atoms with E-state index in [0.29, 0.717) is 0 Å². The molecule has 0 radical (unpaired) electrons. The van der Waals surface area contributed by atoms with E-state index in [-0.39, 0.29) is 6.10 Å². The van der Waals surface area contributed by atoms with Crippen LogP contribution in [0, 0.1) is 6.92 Å². The first-order chi connectivity index (χ1) is 8.70. The van der Waals surface area contributed by atoms with Gasteiger partial charge in [0.15, 0.2) is 0 Å². The minimum absolute atomic E-state index is 0.366. The third-order valence-electron chi connectivity index (χ3n) is 3.72. The lowest BCUT2D eigenvalue weighted by Gasteiger charge is -2.18. The summed E-state index contributed by atoms with van der Waals surface area (Å²) in [7, 11) is 1.67. The number of rotatable bonds is 5. The predicted molar refractivity (Wildman–Crippen MR) is 73.0 cm³/mol. The molecule has 3 nitrogen and oxygen atoms in total. The van der Waals surface area contributed by atoms with Crippen LogP contribution in [-0.4, -0.2) is 36.8 Å². The monoisotopic (exact) mass is 249 g/mol. The third kappa shape index (κ3) is 3.24. The van der Waals surface area contributed by atoms with Gasteiger partial charge in [-0.05, 0) is 62.5 Å². The van der Waals surface area contributed by atoms with E-state index in [1.807, 2.05) is 25.1 Å². The van der Waals surface area contributed by atoms with Gasteiger partial charge in [0, 0.05) is 6.54 Å². The van der Waals surface area contributed by atoms with Crippen molar-refractivity contribution in [2.24, 2.45) is 0 Å². The Bertz CT molecular complexity index is 386. The first-order valence-corrected chi connectivity index (χ1v) is 6.75. The second-order valence-electron chi connectivity index (χ2n) is 5.08. The highest BCUT2D eigenvalue weighted by molar-refractivity contribution is 5.36. The molecule has 1 N–H and O–H groups in total. The highest BCUT2D eigenvalue weighted by Crippen LogP contribution is 2.24. The summed E-state index contributed by atoms with van der Waals surface area (Å²) in [6.07, 6.45) is 3.05. The lowest BCUT2D eigenvalue weighted by molar-refractivity contribution is 0.149. The molecule has 1 aromatic carbocycles. The van der Waals surface area contributed by atoms with Crippen molar-refractivity contribution in [3.63, 3.8) is 0 Å². The summed E-state index contributed by atoms with van der Waals surface area (Å²) < 4.78 is 5.23. The first-order valence-electron chi connectivity index (χ1n) is 6.75. The van der Waals surface area contributed by atoms with Gasteiger partial charge in [-0.25, -0.2) is 0 Å². The van der Waals surface area contributed by atoms with Gasteiger partial charge in [-0.3, -0.25) is 0 Å². The van der Waals surface area contributed by atoms with Gasteiger partial charge in [0.2, 0.25) is 0 Å². The number of likely N-dealkylation sites (tertiary alicyclic amines) is 1. The Hall–Kier alpha value is -1.06. The van der Waals surface area contributed by atoms with E-state index in [1.165, 1.54) is 25.9 Å². The molecular weight excluding hydrogens is 226 g/mol. The standard InChI is InChI=1S/C15H23NO2/c1-12-11-13(5-6-15(12)18-2)14(17)7-10-16-8-3-4-9-16/h5-6,11,14,17H,3-4,7-10H2,1-2H3/t14-/m0/s1. The van der Waals surface area contributed by atoms with Crippen molar-refractivity contribution in [3.05, 3.63) is 29.3 Å². The fourth-order valence-corrected chi connectivity index (χ4v) is 2.59. The van der Waals surface area contributed by atoms with Crippen molar-refractivity contribution in [3.8, 4) is 5.75 Å². The van der Waals surface area contributed by atoms with E-state index in [0.717, 1.165) is 29.8 Å². The zero-order valence-electron chi connectivity index (χ0n) is 11.4. The number of nitrogens with zero attached hydrogens (tertiary/aromatic N) is 1. The Morgan fingerprint density at radius 1 is 1.33 bits per heavy atom. The van der Waals surface area contributed by atoms with Crippen LogP contribution < -0.4 is 4.74 Å². The maximum Gasteiger partial charge on any atom is 0.121 e. The maximum atomic E-state index is 10.2. The molecule has 1 atom stereocenters. The van der Waals surface area contributed by atoms with Gasteiger partial charge in [-0.2, -0.15) is 0 Å². The number of aryl methyl sites for hydroxylation is 1. The van der Waals surface area contributed by atoms with Crippen LogP contribution >= 0.6 is 0 Å². The number of methoxy groups -OCH3 is 1. The zero-order chi connectivity index (χ0) is 13.0. The molecule has 3 heteroatoms. The molecule has 18 heavy (non-hydrogen) atoms. The molecular formula is C15H23NO2. The Morgan fingerprint density at radius 3 is 2.67 bits per heavy atom. The Kier molecular flexibility index (Phi) is 4.61. The second-order valence-corrected chi connectivity index (χ2v) is 5.08. The van der Waals surface area contributed by atoms with Crippen molar-refractivity contribution in [1.29, 1.82) is 0 Å². The molecule has 1 heterocycles. The zero-order valence-corrected chi connectivity index (χ0v) is 11.4. The van der Waals surface area contributed by atoms with Gasteiger partial charge < -0.3 is 14.7 Å². The lowest BCUT2D eigenvalue weighted by atomic mass is 10.0. The summed E-state index contributed by atoms with van der Waals surface area (Å²) in [5, 5.41) is 10.2. The van der Waals surface area contributed by atoms with E-state index in [1.54, 1.807) is 7.11 Å². The molecule has 1 aliphatic rings. The normalized spacial score (nSPS) is 17.9. The fourth-order valence-electron chi connectivity index (χ4n) is 2.59. The fraction of sp³-hybridized carbons (Fsp3) is 0.600. The smallest absolute Gasteiger partial charge is 0.121 e. The molecule has 0 saturated carbocycles. The Labute approximate surface area is 109 Å². The highest BCUT2D eigenvalue weighted by Gasteiger charge is 2.15. The quantitative estimate of drug-likeness (QED) is 0.870. The predicted octanol–water partition coefficient (Wildman–Crippen LogP) is 2.52. The molecule has 1 fully saturated rings. The molecule has 0 aliphatic carbocycles. The summed E-state index contributed by atoms with van der Waals surface area (Å²) >= 11 is 0. The van der Waals surface area contributed by atoms with Gasteiger partial charge in [0.25, 0.3) is 0 Å². The Balaban J connectivity index is 1.91. The van der Waals surface area contributed by atoms with Crippen molar-refractivity contribution < 1.29 is 9.84 Å². The van der Waals surface area contributed by atoms with Crippen molar-refractivity contribution in [1.82, 2.24) is 4.90 Å². The molecule has 0 bridgehead atoms. The van der Waals surface area contributed by atoms with Gasteiger partial charge in [0.1, 0.15) is 5.75 Å². The van der Waals surface area contributed by atoms with Gasteiger partial charge in [-0.1, -0.05) is 6.07 Å². The molecule has 1 aromatic rings. The number of benzene rings is 1. The van der Waals surface area contributed by atoms with E-state index in [4.69, 9.17) is 4.74 Å². The highest BCUT2D eigenvalue weighted by atomic mass is 16.5. The lowest BCUT2D eigenvalue weighted by Crippen LogP contribution is -2.22. The van der Waals surface area contributed by atoms with Gasteiger partial charge in [0.05, 0.1) is 13.2 Å². The molecule has 1 saturated heterocycles. The number of ether oxygens (including phenoxy) is 1. The van der Waals surface area contributed by atoms with Crippen molar-refractivity contribution in [2.75, 3.05) is 26.7 Å². The summed E-state index contributed by atoms with van der Waals surface area (Å²) in [4.78, 5) is 2.43. The summed E-state index contributed by atoms with van der Waals surface area (Å²) in [6.45, 7) is 5.38. The topological polar surface area (TPSA) is 32.7 Å². The number of hydrogen-bond donors (Lipinski definition) is 1. The van der Waals surface area contributed by atoms with Crippen molar-refractivity contribution >= 4 is 0 Å². The number of hydrogen-bond acceptors (Lipinski definition) is 3. The Morgan fingerprint density at radius 2 is 2.06 bits per heavy atom. The minimum atomic E-state index is -0.366. The van der Waals surface area contributed by atoms with E-state index < -0.39 is 0 Å². The largest absolute Gasteiger partial charge is 0.496 e. The summed E-state index contributed by atoms with van der Waals surface area (Å²) in [6, 6.07) is 5.91. The van der Waals surface area contributed by atoms with E-state index in [9.17, 15) is 5.11 Å². The summed E-state index contributed by atoms with van der Waals surface area (Å²) in [5.74, 6) is 0.880. The van der Waals surface area contributed by atoms with Crippen LogP contribution in [0.15, 0.2) is 18.2 Å². The second kappa shape index (κ2) is 6.21.